The molecular weight excluding hydrogens is 799 g/mol. The molecular formula is C51H48N3O3S3+. The van der Waals surface area contributed by atoms with Crippen molar-refractivity contribution in [1.82, 2.24) is 4.58 Å². The van der Waals surface area contributed by atoms with Gasteiger partial charge in [0.25, 0.3) is 0 Å². The van der Waals surface area contributed by atoms with Crippen LogP contribution in [0.2, 0.25) is 0 Å². The van der Waals surface area contributed by atoms with Crippen molar-refractivity contribution in [2.24, 2.45) is 5.34 Å². The smallest absolute Gasteiger partial charge is 0.210 e. The van der Waals surface area contributed by atoms with Gasteiger partial charge in [0.1, 0.15) is 11.3 Å². The molecule has 6 nitrogen and oxygen atoms in total. The molecule has 0 atom stereocenters. The normalized spacial score (nSPS) is 12.3. The predicted molar refractivity (Wildman–Crippen MR) is 256 cm³/mol. The average Bonchev–Trinajstić information content (AvgIpc) is 3.29. The molecule has 0 radical (unpaired) electrons. The summed E-state index contributed by atoms with van der Waals surface area (Å²) in [4.78, 5) is 17.6. The summed E-state index contributed by atoms with van der Waals surface area (Å²) in [6, 6.07) is 59.6. The quantitative estimate of drug-likeness (QED) is 0.0256. The molecule has 0 aromatic heterocycles. The third-order valence-corrected chi connectivity index (χ3v) is 16.3. The van der Waals surface area contributed by atoms with Crippen molar-refractivity contribution in [2.75, 3.05) is 28.2 Å². The first-order chi connectivity index (χ1) is 29.4. The number of thioether (sulfide) groups is 2. The number of aryl methyl sites for hydroxylation is 2. The molecule has 1 heterocycles. The Labute approximate surface area is 362 Å². The van der Waals surface area contributed by atoms with Crippen LogP contribution in [0.15, 0.2) is 194 Å². The summed E-state index contributed by atoms with van der Waals surface area (Å²) in [7, 11) is -2.04. The van der Waals surface area contributed by atoms with Crippen molar-refractivity contribution < 1.29 is 8.70 Å². The fourth-order valence-electron chi connectivity index (χ4n) is 7.82. The Morgan fingerprint density at radius 1 is 0.667 bits per heavy atom. The molecule has 0 N–H and O–H groups in total. The van der Waals surface area contributed by atoms with Gasteiger partial charge in [-0.3, -0.25) is 0 Å². The molecule has 1 aliphatic carbocycles. The van der Waals surface area contributed by atoms with Gasteiger partial charge in [0.05, 0.1) is 11.9 Å². The van der Waals surface area contributed by atoms with Crippen LogP contribution in [0.1, 0.15) is 25.0 Å². The minimum Gasteiger partial charge on any atom is -0.456 e. The standard InChI is InChI=1S/C51H48N3O3S3/c1-5-60(6-2,57-52-55)50-28-18-15-25-45(50)51-43-31-29-39(53(46-26-16-13-19-37(46)3)35-58-41-21-9-7-10-22-41)33-48(43)56-49-34-40(30-32-44(49)51)54(47-27-17-14-20-38(47)4)36-59-42-23-11-8-12-24-42/h7-34H,5-6,35-36H2,1-4H3/q+1. The fourth-order valence-corrected chi connectivity index (χ4v) is 12.0. The van der Waals surface area contributed by atoms with Gasteiger partial charge in [-0.2, -0.15) is 4.58 Å². The summed E-state index contributed by atoms with van der Waals surface area (Å²) >= 11 is 3.60. The number of benzene rings is 7. The second-order valence-corrected chi connectivity index (χ2v) is 19.9. The van der Waals surface area contributed by atoms with Crippen molar-refractivity contribution in [3.8, 4) is 22.5 Å². The summed E-state index contributed by atoms with van der Waals surface area (Å²) in [6.07, 6.45) is 0. The Bertz CT molecular complexity index is 2790. The lowest BCUT2D eigenvalue weighted by atomic mass is 9.93. The summed E-state index contributed by atoms with van der Waals surface area (Å²) in [5.74, 6) is 3.47. The molecule has 6 aromatic carbocycles. The number of para-hydroxylation sites is 2. The van der Waals surface area contributed by atoms with Crippen LogP contribution in [0.3, 0.4) is 0 Å². The first kappa shape index (κ1) is 41.0. The van der Waals surface area contributed by atoms with Gasteiger partial charge in [-0.25, -0.2) is 0 Å². The van der Waals surface area contributed by atoms with Crippen LogP contribution in [0.5, 0.6) is 0 Å². The zero-order valence-electron chi connectivity index (χ0n) is 34.3. The van der Waals surface area contributed by atoms with Crippen molar-refractivity contribution in [3.63, 3.8) is 0 Å². The molecule has 60 heavy (non-hydrogen) atoms. The molecule has 302 valence electrons. The Morgan fingerprint density at radius 2 is 1.32 bits per heavy atom. The molecule has 0 saturated heterocycles. The maximum absolute atomic E-state index is 11.9. The Morgan fingerprint density at radius 3 is 2.02 bits per heavy atom. The molecule has 0 unspecified atom stereocenters. The molecule has 0 fully saturated rings. The zero-order chi connectivity index (χ0) is 41.5. The third-order valence-electron chi connectivity index (χ3n) is 11.0. The van der Waals surface area contributed by atoms with Crippen LogP contribution in [-0.2, 0) is 4.28 Å². The molecule has 8 rings (SSSR count). The minimum absolute atomic E-state index is 0.655. The summed E-state index contributed by atoms with van der Waals surface area (Å²) < 4.78 is 15.3. The van der Waals surface area contributed by atoms with Crippen LogP contribution in [0.4, 0.5) is 17.1 Å². The number of fused-ring (bicyclic) bond motifs is 2. The topological polar surface area (TPSA) is 58.0 Å². The largest absolute Gasteiger partial charge is 0.456 e. The van der Waals surface area contributed by atoms with E-state index in [2.05, 4.69) is 206 Å². The number of rotatable bonds is 15. The monoisotopic (exact) mass is 846 g/mol. The Kier molecular flexibility index (Phi) is 12.8. The molecule has 0 amide bonds. The molecule has 9 heteroatoms. The Hall–Kier alpha value is -5.74. The van der Waals surface area contributed by atoms with Crippen LogP contribution in [0.25, 0.3) is 33.4 Å². The fraction of sp³-hybridized carbons (Fsp3) is 0.157. The van der Waals surface area contributed by atoms with Gasteiger partial charge in [-0.1, -0.05) is 117 Å². The summed E-state index contributed by atoms with van der Waals surface area (Å²) in [5.41, 5.74) is 9.45. The second-order valence-electron chi connectivity index (χ2n) is 14.5. The number of anilines is 2. The molecule has 0 spiro atoms. The third kappa shape index (κ3) is 8.48. The second kappa shape index (κ2) is 18.7. The lowest BCUT2D eigenvalue weighted by Crippen LogP contribution is -2.26. The van der Waals surface area contributed by atoms with E-state index >= 15 is 0 Å². The van der Waals surface area contributed by atoms with E-state index in [4.69, 9.17) is 8.70 Å². The van der Waals surface area contributed by atoms with E-state index in [0.717, 1.165) is 60.7 Å². The lowest BCUT2D eigenvalue weighted by Gasteiger charge is -2.35. The zero-order valence-corrected chi connectivity index (χ0v) is 36.7. The van der Waals surface area contributed by atoms with Gasteiger partial charge in [0, 0.05) is 77.8 Å². The summed E-state index contributed by atoms with van der Waals surface area (Å²) in [5, 5.41) is 5.05. The SMILES string of the molecule is CCS(CC)(ON=O)c1ccccc1-c1c2cc/c(=[N+](/CSc3ccccc3)c3ccccc3C)cc-2oc2cc(N(CSc3ccccc3)c3ccccc3C)ccc12. The first-order valence-electron chi connectivity index (χ1n) is 20.2. The van der Waals surface area contributed by atoms with E-state index < -0.39 is 10.3 Å². The number of nitrogens with zero attached hydrogens (tertiary/aromatic N) is 3. The number of hydrogen-bond donors (Lipinski definition) is 0. The highest BCUT2D eigenvalue weighted by molar-refractivity contribution is 8.29. The Balaban J connectivity index is 1.39. The van der Waals surface area contributed by atoms with Crippen LogP contribution < -0.4 is 14.8 Å². The number of hydrogen-bond acceptors (Lipinski definition) is 7. The lowest BCUT2D eigenvalue weighted by molar-refractivity contribution is 0.377. The van der Waals surface area contributed by atoms with E-state index in [1.54, 1.807) is 23.5 Å². The highest BCUT2D eigenvalue weighted by Gasteiger charge is 2.31. The van der Waals surface area contributed by atoms with Gasteiger partial charge in [0.15, 0.2) is 11.2 Å². The van der Waals surface area contributed by atoms with Gasteiger partial charge >= 0.3 is 0 Å². The van der Waals surface area contributed by atoms with Crippen molar-refractivity contribution in [1.29, 1.82) is 0 Å². The highest BCUT2D eigenvalue weighted by Crippen LogP contribution is 2.60. The first-order valence-corrected chi connectivity index (χ1v) is 24.0. The van der Waals surface area contributed by atoms with Gasteiger partial charge in [-0.15, -0.1) is 16.7 Å². The van der Waals surface area contributed by atoms with Gasteiger partial charge < -0.3 is 13.6 Å². The van der Waals surface area contributed by atoms with E-state index in [1.807, 2.05) is 6.07 Å². The maximum Gasteiger partial charge on any atom is 0.210 e. The predicted octanol–water partition coefficient (Wildman–Crippen LogP) is 14.4. The highest BCUT2D eigenvalue weighted by atomic mass is 32.3. The maximum atomic E-state index is 11.9. The van der Waals surface area contributed by atoms with Gasteiger partial charge in [-0.05, 0) is 89.9 Å². The molecule has 1 aliphatic heterocycles. The minimum atomic E-state index is -2.04. The van der Waals surface area contributed by atoms with E-state index in [1.165, 1.54) is 20.9 Å². The average molecular weight is 847 g/mol. The molecule has 6 aromatic rings. The molecule has 0 saturated carbocycles. The molecule has 2 aliphatic rings. The van der Waals surface area contributed by atoms with Crippen molar-refractivity contribution in [3.05, 3.63) is 191 Å². The van der Waals surface area contributed by atoms with E-state index in [-0.39, 0.29) is 0 Å². The van der Waals surface area contributed by atoms with Crippen molar-refractivity contribution >= 4 is 61.9 Å². The van der Waals surface area contributed by atoms with Crippen LogP contribution in [-0.4, -0.2) is 23.3 Å². The summed E-state index contributed by atoms with van der Waals surface area (Å²) in [6.45, 7) is 8.48. The van der Waals surface area contributed by atoms with E-state index in [9.17, 15) is 4.91 Å². The van der Waals surface area contributed by atoms with E-state index in [0.29, 0.717) is 23.3 Å². The van der Waals surface area contributed by atoms with Crippen molar-refractivity contribution in [2.45, 2.75) is 42.4 Å². The van der Waals surface area contributed by atoms with Crippen LogP contribution in [0, 0.1) is 18.8 Å². The van der Waals surface area contributed by atoms with Gasteiger partial charge in [0.2, 0.25) is 11.0 Å². The van der Waals surface area contributed by atoms with Crippen LogP contribution >= 0.6 is 33.8 Å². The molecule has 0 bridgehead atoms.